The highest BCUT2D eigenvalue weighted by atomic mass is 35.5. The van der Waals surface area contributed by atoms with Crippen molar-refractivity contribution in [1.29, 1.82) is 0 Å². The van der Waals surface area contributed by atoms with Crippen molar-refractivity contribution < 1.29 is 36.2 Å². The summed E-state index contributed by atoms with van der Waals surface area (Å²) in [5.41, 5.74) is 1.40. The van der Waals surface area contributed by atoms with Gasteiger partial charge in [0.25, 0.3) is 0 Å². The van der Waals surface area contributed by atoms with E-state index in [2.05, 4.69) is 10.1 Å². The summed E-state index contributed by atoms with van der Waals surface area (Å²) in [6, 6.07) is 17.5. The molecule has 5 nitrogen and oxygen atoms in total. The molecule has 43 heavy (non-hydrogen) atoms. The molecule has 0 amide bonds. The van der Waals surface area contributed by atoms with Gasteiger partial charge in [0.1, 0.15) is 5.56 Å². The summed E-state index contributed by atoms with van der Waals surface area (Å²) in [4.78, 5) is 15.8. The molecule has 1 fully saturated rings. The molecule has 12 heteroatoms. The summed E-state index contributed by atoms with van der Waals surface area (Å²) < 4.78 is 80.8. The number of benzene rings is 2. The Morgan fingerprint density at radius 1 is 0.930 bits per heavy atom. The van der Waals surface area contributed by atoms with Crippen LogP contribution in [0.25, 0.3) is 17.1 Å². The molecule has 5 rings (SSSR count). The Morgan fingerprint density at radius 2 is 1.63 bits per heavy atom. The number of aromatic carboxylic acids is 1. The lowest BCUT2D eigenvalue weighted by Gasteiger charge is -2.30. The zero-order chi connectivity index (χ0) is 30.9. The number of nitrogens with zero attached hydrogens (tertiary/aromatic N) is 3. The van der Waals surface area contributed by atoms with Gasteiger partial charge in [-0.25, -0.2) is 14.5 Å². The molecule has 226 valence electrons. The van der Waals surface area contributed by atoms with E-state index in [1.165, 1.54) is 12.1 Å². The minimum atomic E-state index is -4.98. The summed E-state index contributed by atoms with van der Waals surface area (Å²) in [6.45, 7) is 0. The van der Waals surface area contributed by atoms with Crippen LogP contribution in [0, 0.1) is 5.92 Å². The molecule has 0 saturated heterocycles. The fourth-order valence-corrected chi connectivity index (χ4v) is 5.81. The van der Waals surface area contributed by atoms with E-state index in [0.717, 1.165) is 16.7 Å². The van der Waals surface area contributed by atoms with E-state index in [1.54, 1.807) is 18.2 Å². The van der Waals surface area contributed by atoms with Gasteiger partial charge in [0.15, 0.2) is 11.5 Å². The number of aryl methyl sites for hydroxylation is 2. The Morgan fingerprint density at radius 3 is 2.26 bits per heavy atom. The number of rotatable bonds is 7. The zero-order valence-corrected chi connectivity index (χ0v) is 23.3. The van der Waals surface area contributed by atoms with Crippen molar-refractivity contribution in [1.82, 2.24) is 14.8 Å². The molecule has 1 N–H and O–H groups in total. The van der Waals surface area contributed by atoms with Gasteiger partial charge < -0.3 is 5.11 Å². The van der Waals surface area contributed by atoms with Crippen LogP contribution in [-0.4, -0.2) is 32.0 Å². The largest absolute Gasteiger partial charge is 0.478 e. The maximum absolute atomic E-state index is 13.8. The lowest BCUT2D eigenvalue weighted by atomic mass is 9.78. The van der Waals surface area contributed by atoms with Gasteiger partial charge >= 0.3 is 18.3 Å². The molecule has 0 aliphatic heterocycles. The summed E-state index contributed by atoms with van der Waals surface area (Å²) >= 11 is 6.27. The van der Waals surface area contributed by atoms with E-state index < -0.39 is 35.5 Å². The van der Waals surface area contributed by atoms with Crippen LogP contribution in [0.1, 0.15) is 64.3 Å². The van der Waals surface area contributed by atoms with Crippen LogP contribution in [0.15, 0.2) is 66.9 Å². The second-order valence-corrected chi connectivity index (χ2v) is 11.1. The Balaban J connectivity index is 1.34. The van der Waals surface area contributed by atoms with E-state index in [-0.39, 0.29) is 24.6 Å². The van der Waals surface area contributed by atoms with E-state index in [4.69, 9.17) is 11.6 Å². The summed E-state index contributed by atoms with van der Waals surface area (Å²) in [5.74, 6) is -3.08. The lowest BCUT2D eigenvalue weighted by molar-refractivity contribution is -0.182. The number of alkyl halides is 6. The molecule has 0 unspecified atom stereocenters. The number of pyridine rings is 1. The first-order valence-electron chi connectivity index (χ1n) is 13.6. The Labute approximate surface area is 248 Å². The molecule has 1 aliphatic carbocycles. The second-order valence-electron chi connectivity index (χ2n) is 10.6. The van der Waals surface area contributed by atoms with Crippen molar-refractivity contribution in [3.8, 4) is 17.1 Å². The van der Waals surface area contributed by atoms with E-state index in [1.807, 2.05) is 30.3 Å². The molecular weight excluding hydrogens is 596 g/mol. The SMILES string of the molecule is O=C(O)c1cnn(-c2cccc(-c3cc(Cl)ccc3CCc3ccc(C4CCC(C(F)(F)F)CC4)cc3)n2)c1C(F)(F)F. The third-order valence-electron chi connectivity index (χ3n) is 7.89. The average Bonchev–Trinajstić information content (AvgIpc) is 3.43. The number of carbonyl (C=O) groups is 1. The van der Waals surface area contributed by atoms with Crippen molar-refractivity contribution in [2.45, 2.75) is 56.8 Å². The molecule has 2 heterocycles. The third-order valence-corrected chi connectivity index (χ3v) is 8.13. The fraction of sp³-hybridized carbons (Fsp3) is 0.323. The fourth-order valence-electron chi connectivity index (χ4n) is 5.64. The minimum Gasteiger partial charge on any atom is -0.478 e. The molecular formula is C31H26ClF6N3O2. The van der Waals surface area contributed by atoms with Gasteiger partial charge in [0.2, 0.25) is 0 Å². The predicted octanol–water partition coefficient (Wildman–Crippen LogP) is 8.93. The maximum Gasteiger partial charge on any atom is 0.434 e. The van der Waals surface area contributed by atoms with Crippen LogP contribution in [0.2, 0.25) is 5.02 Å². The van der Waals surface area contributed by atoms with Crippen molar-refractivity contribution in [2.75, 3.05) is 0 Å². The van der Waals surface area contributed by atoms with Gasteiger partial charge in [-0.3, -0.25) is 0 Å². The topological polar surface area (TPSA) is 68.0 Å². The van der Waals surface area contributed by atoms with Crippen LogP contribution in [-0.2, 0) is 19.0 Å². The number of hydrogen-bond acceptors (Lipinski definition) is 3. The van der Waals surface area contributed by atoms with Crippen LogP contribution in [0.3, 0.4) is 0 Å². The molecule has 1 saturated carbocycles. The van der Waals surface area contributed by atoms with Crippen LogP contribution in [0.5, 0.6) is 0 Å². The zero-order valence-electron chi connectivity index (χ0n) is 22.6. The Kier molecular flexibility index (Phi) is 8.56. The van der Waals surface area contributed by atoms with Crippen molar-refractivity contribution in [3.63, 3.8) is 0 Å². The number of carboxylic acids is 1. The number of halogens is 7. The van der Waals surface area contributed by atoms with Crippen LogP contribution in [0.4, 0.5) is 26.3 Å². The monoisotopic (exact) mass is 621 g/mol. The maximum atomic E-state index is 13.8. The molecule has 0 bridgehead atoms. The minimum absolute atomic E-state index is 0.105. The van der Waals surface area contributed by atoms with E-state index in [9.17, 15) is 36.2 Å². The Hall–Kier alpha value is -3.86. The summed E-state index contributed by atoms with van der Waals surface area (Å²) in [6.07, 6.45) is -6.02. The molecule has 1 aliphatic rings. The predicted molar refractivity (Wildman–Crippen MR) is 148 cm³/mol. The number of carboxylic acid groups (broad SMARTS) is 1. The van der Waals surface area contributed by atoms with Gasteiger partial charge in [0, 0.05) is 10.6 Å². The molecule has 2 aromatic heterocycles. The van der Waals surface area contributed by atoms with Crippen molar-refractivity contribution in [2.24, 2.45) is 5.92 Å². The first-order chi connectivity index (χ1) is 20.3. The molecule has 0 radical (unpaired) electrons. The van der Waals surface area contributed by atoms with E-state index >= 15 is 0 Å². The van der Waals surface area contributed by atoms with Crippen molar-refractivity contribution >= 4 is 17.6 Å². The summed E-state index contributed by atoms with van der Waals surface area (Å²) in [5, 5.41) is 13.3. The first kappa shape index (κ1) is 30.6. The smallest absolute Gasteiger partial charge is 0.434 e. The van der Waals surface area contributed by atoms with Gasteiger partial charge in [-0.2, -0.15) is 31.4 Å². The highest BCUT2D eigenvalue weighted by Gasteiger charge is 2.42. The Bertz CT molecular complexity index is 1610. The van der Waals surface area contributed by atoms with Gasteiger partial charge in [-0.1, -0.05) is 48.0 Å². The molecule has 0 atom stereocenters. The normalized spacial score (nSPS) is 17.7. The quantitative estimate of drug-likeness (QED) is 0.209. The van der Waals surface area contributed by atoms with E-state index in [0.29, 0.717) is 52.8 Å². The molecule has 0 spiro atoms. The third kappa shape index (κ3) is 6.87. The standard InChI is InChI=1S/C31H26ClF6N3O2/c32-23-15-12-21(9-6-18-4-7-19(8-5-18)20-10-13-22(14-11-20)30(33,34)35)24(16-23)26-2-1-3-27(40-26)41-28(31(36,37)38)25(17-39-41)29(42)43/h1-5,7-8,12,15-17,20,22H,6,9-11,13-14H2,(H,42,43). The average molecular weight is 622 g/mol. The van der Waals surface area contributed by atoms with Gasteiger partial charge in [0.05, 0.1) is 17.8 Å². The highest BCUT2D eigenvalue weighted by molar-refractivity contribution is 6.30. The van der Waals surface area contributed by atoms with Gasteiger partial charge in [-0.05, 0) is 85.4 Å². The van der Waals surface area contributed by atoms with Crippen LogP contribution >= 0.6 is 11.6 Å². The highest BCUT2D eigenvalue weighted by Crippen LogP contribution is 2.43. The van der Waals surface area contributed by atoms with Crippen LogP contribution < -0.4 is 0 Å². The number of aromatic nitrogens is 3. The number of hydrogen-bond donors (Lipinski definition) is 1. The first-order valence-corrected chi connectivity index (χ1v) is 14.0. The molecule has 2 aromatic carbocycles. The lowest BCUT2D eigenvalue weighted by Crippen LogP contribution is -2.27. The molecule has 4 aromatic rings. The van der Waals surface area contributed by atoms with Gasteiger partial charge in [-0.15, -0.1) is 0 Å². The van der Waals surface area contributed by atoms with Crippen molar-refractivity contribution in [3.05, 3.63) is 99.8 Å². The summed E-state index contributed by atoms with van der Waals surface area (Å²) in [7, 11) is 0. The second kappa shape index (κ2) is 12.0.